The number of amides is 2. The molecule has 7 heteroatoms. The van der Waals surface area contributed by atoms with Gasteiger partial charge in [0.05, 0.1) is 12.5 Å². The van der Waals surface area contributed by atoms with Crippen molar-refractivity contribution in [1.82, 2.24) is 4.90 Å². The molecule has 170 valence electrons. The number of rotatable bonds is 7. The van der Waals surface area contributed by atoms with Crippen LogP contribution in [0.1, 0.15) is 34.3 Å². The maximum Gasteiger partial charge on any atom is 0.255 e. The molecule has 6 nitrogen and oxygen atoms in total. The third-order valence-corrected chi connectivity index (χ3v) is 8.80. The molecule has 0 unspecified atom stereocenters. The summed E-state index contributed by atoms with van der Waals surface area (Å²) in [6, 6.07) is 16.6. The first-order chi connectivity index (χ1) is 16.0. The Hall–Kier alpha value is -3.24. The van der Waals surface area contributed by atoms with Crippen LogP contribution < -0.4 is 5.73 Å². The zero-order valence-electron chi connectivity index (χ0n) is 18.4. The number of carbonyl (C=O) groups is 3. The summed E-state index contributed by atoms with van der Waals surface area (Å²) in [7, 11) is -0.281. The molecule has 2 atom stereocenters. The van der Waals surface area contributed by atoms with Crippen molar-refractivity contribution in [3.8, 4) is 0 Å². The molecule has 0 aliphatic carbocycles. The van der Waals surface area contributed by atoms with E-state index in [2.05, 4.69) is 4.85 Å². The smallest absolute Gasteiger partial charge is 0.255 e. The molecule has 2 amide bonds. The second kappa shape index (κ2) is 10.1. The van der Waals surface area contributed by atoms with Crippen molar-refractivity contribution < 1.29 is 14.4 Å². The van der Waals surface area contributed by atoms with Crippen LogP contribution in [-0.2, 0) is 22.6 Å². The number of likely N-dealkylation sites (tertiary alicyclic amines) is 1. The molecule has 2 N–H and O–H groups in total. The SMILES string of the molecule is [C-]#[N+]C(C(=O)[C@H]1CN(Cc2ccc(C(N)=O)cc2)C(=O)[C@@H]1Cc1ccccc1)=S1CCCC1. The predicted octanol–water partition coefficient (Wildman–Crippen LogP) is 3.28. The Morgan fingerprint density at radius 1 is 1.03 bits per heavy atom. The summed E-state index contributed by atoms with van der Waals surface area (Å²) in [5.74, 6) is 0.119. The molecule has 2 aromatic carbocycles. The Morgan fingerprint density at radius 3 is 2.30 bits per heavy atom. The van der Waals surface area contributed by atoms with Crippen LogP contribution in [0, 0.1) is 18.4 Å². The second-order valence-electron chi connectivity index (χ2n) is 8.57. The number of Topliss-reactive ketones (excluding diaryl/α,β-unsaturated/α-hetero) is 1. The van der Waals surface area contributed by atoms with Crippen LogP contribution in [-0.4, -0.2) is 45.5 Å². The van der Waals surface area contributed by atoms with Gasteiger partial charge in [-0.05, 0) is 54.0 Å². The number of nitrogens with two attached hydrogens (primary N) is 1. The first-order valence-corrected chi connectivity index (χ1v) is 12.7. The van der Waals surface area contributed by atoms with E-state index in [1.807, 2.05) is 30.3 Å². The van der Waals surface area contributed by atoms with E-state index in [-0.39, 0.29) is 22.2 Å². The van der Waals surface area contributed by atoms with Gasteiger partial charge in [-0.25, -0.2) is 4.85 Å². The first kappa shape index (κ1) is 22.9. The summed E-state index contributed by atoms with van der Waals surface area (Å²) in [4.78, 5) is 44.1. The van der Waals surface area contributed by atoms with Crippen LogP contribution in [0.5, 0.6) is 0 Å². The molecule has 0 spiro atoms. The quantitative estimate of drug-likeness (QED) is 0.507. The van der Waals surface area contributed by atoms with Gasteiger partial charge in [-0.3, -0.25) is 9.59 Å². The minimum absolute atomic E-state index is 0.0599. The normalized spacial score (nSPS) is 20.6. The van der Waals surface area contributed by atoms with Gasteiger partial charge < -0.3 is 15.4 Å². The lowest BCUT2D eigenvalue weighted by Crippen LogP contribution is -2.30. The highest BCUT2D eigenvalue weighted by molar-refractivity contribution is 8.17. The number of primary amides is 1. The summed E-state index contributed by atoms with van der Waals surface area (Å²) in [5.41, 5.74) is 7.61. The maximum absolute atomic E-state index is 13.6. The van der Waals surface area contributed by atoms with Crippen LogP contribution in [0.3, 0.4) is 0 Å². The number of hydrogen-bond acceptors (Lipinski definition) is 3. The zero-order valence-corrected chi connectivity index (χ0v) is 19.2. The molecular formula is C26H27N3O3S. The fraction of sp³-hybridized carbons (Fsp3) is 0.346. The minimum atomic E-state index is -0.514. The lowest BCUT2D eigenvalue weighted by molar-refractivity contribution is -0.132. The van der Waals surface area contributed by atoms with Gasteiger partial charge in [0.25, 0.3) is 4.99 Å². The van der Waals surface area contributed by atoms with Crippen molar-refractivity contribution in [3.63, 3.8) is 0 Å². The fourth-order valence-corrected chi connectivity index (χ4v) is 6.89. The topological polar surface area (TPSA) is 84.8 Å². The second-order valence-corrected chi connectivity index (χ2v) is 10.8. The Morgan fingerprint density at radius 2 is 1.70 bits per heavy atom. The highest BCUT2D eigenvalue weighted by Crippen LogP contribution is 2.34. The monoisotopic (exact) mass is 461 g/mol. The average Bonchev–Trinajstić information content (AvgIpc) is 3.45. The molecule has 2 aliphatic heterocycles. The van der Waals surface area contributed by atoms with Gasteiger partial charge in [0.2, 0.25) is 11.8 Å². The molecular weight excluding hydrogens is 434 g/mol. The third kappa shape index (κ3) is 5.07. The van der Waals surface area contributed by atoms with E-state index in [1.165, 1.54) is 0 Å². The van der Waals surface area contributed by atoms with Gasteiger partial charge in [0.15, 0.2) is 5.78 Å². The number of benzene rings is 2. The highest BCUT2D eigenvalue weighted by Gasteiger charge is 2.45. The van der Waals surface area contributed by atoms with Crippen LogP contribution in [0.15, 0.2) is 54.6 Å². The van der Waals surface area contributed by atoms with Gasteiger partial charge >= 0.3 is 0 Å². The Labute approximate surface area is 196 Å². The molecule has 2 aromatic rings. The summed E-state index contributed by atoms with van der Waals surface area (Å²) < 4.78 is 0. The lowest BCUT2D eigenvalue weighted by Gasteiger charge is -2.17. The number of hydrogen-bond donors (Lipinski definition) is 1. The van der Waals surface area contributed by atoms with Crippen molar-refractivity contribution >= 4 is 33.1 Å². The lowest BCUT2D eigenvalue weighted by atomic mass is 9.86. The molecule has 2 aliphatic rings. The van der Waals surface area contributed by atoms with Gasteiger partial charge in [0, 0.05) is 24.6 Å². The van der Waals surface area contributed by atoms with Gasteiger partial charge in [-0.15, -0.1) is 0 Å². The Bertz CT molecular complexity index is 1130. The van der Waals surface area contributed by atoms with Gasteiger partial charge in [0.1, 0.15) is 0 Å². The fourth-order valence-electron chi connectivity index (χ4n) is 4.63. The molecule has 33 heavy (non-hydrogen) atoms. The van der Waals surface area contributed by atoms with E-state index in [0.29, 0.717) is 30.1 Å². The van der Waals surface area contributed by atoms with E-state index >= 15 is 0 Å². The van der Waals surface area contributed by atoms with Crippen molar-refractivity contribution in [2.24, 2.45) is 17.6 Å². The zero-order chi connectivity index (χ0) is 23.4. The summed E-state index contributed by atoms with van der Waals surface area (Å²) in [5, 5.41) is 0. The van der Waals surface area contributed by atoms with E-state index in [9.17, 15) is 14.4 Å². The summed E-state index contributed by atoms with van der Waals surface area (Å²) in [6.45, 7) is 8.34. The standard InChI is InChI=1S/C26H27N3O3S/c1-28-25(33-13-5-6-14-33)23(30)22-17-29(16-19-9-11-20(12-10-19)24(27)31)26(32)21(22)15-18-7-3-2-4-8-18/h2-4,7-12,21-22H,5-6,13-17H2,(H2,27,31)/t21-,22+/m1/s1. The first-order valence-electron chi connectivity index (χ1n) is 11.2. The van der Waals surface area contributed by atoms with E-state index in [1.54, 1.807) is 29.2 Å². The average molecular weight is 462 g/mol. The predicted molar refractivity (Wildman–Crippen MR) is 131 cm³/mol. The summed E-state index contributed by atoms with van der Waals surface area (Å²) in [6.07, 6.45) is 2.59. The molecule has 0 bridgehead atoms. The summed E-state index contributed by atoms with van der Waals surface area (Å²) >= 11 is 0. The number of carbonyl (C=O) groups excluding carboxylic acids is 3. The Kier molecular flexibility index (Phi) is 7.05. The molecule has 2 saturated heterocycles. The van der Waals surface area contributed by atoms with Crippen molar-refractivity contribution in [1.29, 1.82) is 0 Å². The van der Waals surface area contributed by atoms with E-state index < -0.39 is 17.7 Å². The maximum atomic E-state index is 13.6. The van der Waals surface area contributed by atoms with Gasteiger partial charge in [-0.2, -0.15) is 10.5 Å². The number of ketones is 1. The molecule has 0 aromatic heterocycles. The van der Waals surface area contributed by atoms with E-state index in [0.717, 1.165) is 35.5 Å². The van der Waals surface area contributed by atoms with Crippen LogP contribution in [0.4, 0.5) is 0 Å². The van der Waals surface area contributed by atoms with Crippen molar-refractivity contribution in [2.75, 3.05) is 18.1 Å². The number of nitrogens with zero attached hydrogens (tertiary/aromatic N) is 2. The molecule has 2 fully saturated rings. The Balaban J connectivity index is 1.60. The minimum Gasteiger partial charge on any atom is -0.366 e. The molecule has 0 saturated carbocycles. The highest BCUT2D eigenvalue weighted by atomic mass is 32.2. The molecule has 4 rings (SSSR count). The molecule has 0 radical (unpaired) electrons. The van der Waals surface area contributed by atoms with E-state index in [4.69, 9.17) is 12.3 Å². The van der Waals surface area contributed by atoms with Crippen molar-refractivity contribution in [3.05, 3.63) is 82.7 Å². The largest absolute Gasteiger partial charge is 0.366 e. The van der Waals surface area contributed by atoms with Crippen LogP contribution in [0.25, 0.3) is 4.85 Å². The van der Waals surface area contributed by atoms with Crippen LogP contribution in [0.2, 0.25) is 0 Å². The molecule has 2 heterocycles. The van der Waals surface area contributed by atoms with Gasteiger partial charge in [-0.1, -0.05) is 42.5 Å². The third-order valence-electron chi connectivity index (χ3n) is 6.40. The van der Waals surface area contributed by atoms with Crippen LogP contribution >= 0.6 is 10.5 Å². The van der Waals surface area contributed by atoms with Crippen molar-refractivity contribution in [2.45, 2.75) is 25.8 Å².